The molecular formula is C6H4N2O2. The molecule has 2 aliphatic heterocycles. The summed E-state index contributed by atoms with van der Waals surface area (Å²) in [4.78, 5) is 16.6. The fraction of sp³-hybridized carbons (Fsp3) is 0. The molecule has 10 heavy (non-hydrogen) atoms. The Hall–Kier alpha value is -1.58. The molecule has 0 saturated carbocycles. The van der Waals surface area contributed by atoms with Crippen LogP contribution in [0.2, 0.25) is 0 Å². The number of imidazole rings is 1. The molecule has 2 aliphatic rings. The van der Waals surface area contributed by atoms with Gasteiger partial charge in [0, 0.05) is 0 Å². The van der Waals surface area contributed by atoms with Gasteiger partial charge in [-0.15, -0.1) is 0 Å². The highest BCUT2D eigenvalue weighted by Crippen LogP contribution is 2.11. The maximum absolute atomic E-state index is 10.6. The van der Waals surface area contributed by atoms with Gasteiger partial charge in [0.2, 0.25) is 5.89 Å². The van der Waals surface area contributed by atoms with Crippen molar-refractivity contribution in [3.8, 4) is 11.6 Å². The second kappa shape index (κ2) is 1.70. The molecule has 0 unspecified atom stereocenters. The summed E-state index contributed by atoms with van der Waals surface area (Å²) in [6, 6.07) is 3.42. The van der Waals surface area contributed by atoms with Crippen molar-refractivity contribution in [1.29, 1.82) is 0 Å². The number of nitrogens with zero attached hydrogens (tertiary/aromatic N) is 1. The monoisotopic (exact) mass is 136 g/mol. The summed E-state index contributed by atoms with van der Waals surface area (Å²) in [5.74, 6) is 0.354. The maximum atomic E-state index is 10.6. The lowest BCUT2D eigenvalue weighted by molar-refractivity contribution is 0.550. The fourth-order valence-corrected chi connectivity index (χ4v) is 0.791. The van der Waals surface area contributed by atoms with Gasteiger partial charge < -0.3 is 9.40 Å². The molecule has 0 aromatic rings. The van der Waals surface area contributed by atoms with E-state index in [1.807, 2.05) is 0 Å². The molecule has 2 heterocycles. The van der Waals surface area contributed by atoms with Gasteiger partial charge >= 0.3 is 5.69 Å². The van der Waals surface area contributed by atoms with Crippen LogP contribution in [0.3, 0.4) is 0 Å². The number of H-pyrrole nitrogens is 1. The number of fused-ring (bicyclic) bond motifs is 1. The van der Waals surface area contributed by atoms with E-state index < -0.39 is 0 Å². The lowest BCUT2D eigenvalue weighted by atomic mass is 10.4. The maximum Gasteiger partial charge on any atom is 0.348 e. The molecule has 50 valence electrons. The van der Waals surface area contributed by atoms with Gasteiger partial charge in [-0.1, -0.05) is 0 Å². The number of aromatic amines is 1. The highest BCUT2D eigenvalue weighted by Gasteiger charge is 2.06. The normalized spacial score (nSPS) is 10.4. The van der Waals surface area contributed by atoms with E-state index in [0.717, 1.165) is 0 Å². The molecule has 0 aliphatic carbocycles. The Kier molecular flexibility index (Phi) is 0.887. The highest BCUT2D eigenvalue weighted by atomic mass is 16.3. The molecule has 0 spiro atoms. The van der Waals surface area contributed by atoms with Gasteiger partial charge in [0.25, 0.3) is 0 Å². The van der Waals surface area contributed by atoms with Gasteiger partial charge in [-0.3, -0.25) is 0 Å². The van der Waals surface area contributed by atoms with Gasteiger partial charge in [0.15, 0.2) is 0 Å². The Labute approximate surface area is 55.9 Å². The molecule has 0 aromatic carbocycles. The van der Waals surface area contributed by atoms with Crippen LogP contribution in [0.15, 0.2) is 27.6 Å². The van der Waals surface area contributed by atoms with Crippen molar-refractivity contribution >= 4 is 0 Å². The van der Waals surface area contributed by atoms with E-state index in [9.17, 15) is 4.79 Å². The Morgan fingerprint density at radius 2 is 2.50 bits per heavy atom. The Morgan fingerprint density at radius 3 is 3.30 bits per heavy atom. The van der Waals surface area contributed by atoms with Crippen LogP contribution in [0.25, 0.3) is 11.6 Å². The van der Waals surface area contributed by atoms with Gasteiger partial charge in [-0.25, -0.2) is 4.79 Å². The summed E-state index contributed by atoms with van der Waals surface area (Å²) in [6.45, 7) is 0. The van der Waals surface area contributed by atoms with E-state index in [-0.39, 0.29) is 5.69 Å². The summed E-state index contributed by atoms with van der Waals surface area (Å²) in [5.41, 5.74) is 0.262. The molecule has 0 aromatic heterocycles. The third-order valence-electron chi connectivity index (χ3n) is 1.20. The van der Waals surface area contributed by atoms with Crippen LogP contribution < -0.4 is 5.69 Å². The average molecular weight is 136 g/mol. The molecule has 0 atom stereocenters. The van der Waals surface area contributed by atoms with E-state index in [1.165, 1.54) is 6.26 Å². The van der Waals surface area contributed by atoms with Crippen molar-refractivity contribution in [3.05, 3.63) is 28.9 Å². The van der Waals surface area contributed by atoms with E-state index in [4.69, 9.17) is 4.42 Å². The first kappa shape index (κ1) is 5.22. The van der Waals surface area contributed by atoms with Crippen molar-refractivity contribution in [3.63, 3.8) is 0 Å². The zero-order valence-electron chi connectivity index (χ0n) is 5.00. The third kappa shape index (κ3) is 0.621. The average Bonchev–Trinajstić information content (AvgIpc) is 2.27. The Morgan fingerprint density at radius 1 is 1.60 bits per heavy atom. The molecule has 1 N–H and O–H groups in total. The molecule has 0 bridgehead atoms. The molecule has 0 fully saturated rings. The number of rotatable bonds is 0. The Bertz CT molecular complexity index is 329. The molecule has 4 nitrogen and oxygen atoms in total. The van der Waals surface area contributed by atoms with Crippen molar-refractivity contribution in [2.24, 2.45) is 0 Å². The SMILES string of the molecule is O=c1nc2occcc-2[nH]1. The highest BCUT2D eigenvalue weighted by molar-refractivity contribution is 5.46. The molecule has 0 saturated heterocycles. The smallest absolute Gasteiger partial charge is 0.348 e. The van der Waals surface area contributed by atoms with Crippen LogP contribution in [0, 0.1) is 0 Å². The van der Waals surface area contributed by atoms with Gasteiger partial charge in [0.1, 0.15) is 5.69 Å². The summed E-state index contributed by atoms with van der Waals surface area (Å²) in [7, 11) is 0. The topological polar surface area (TPSA) is 58.9 Å². The summed E-state index contributed by atoms with van der Waals surface area (Å²) in [6.07, 6.45) is 1.47. The zero-order valence-corrected chi connectivity index (χ0v) is 5.00. The number of hydrogen-bond donors (Lipinski definition) is 1. The van der Waals surface area contributed by atoms with Gasteiger partial charge in [-0.05, 0) is 12.1 Å². The van der Waals surface area contributed by atoms with Gasteiger partial charge in [-0.2, -0.15) is 4.98 Å². The van der Waals surface area contributed by atoms with Crippen LogP contribution in [-0.4, -0.2) is 9.97 Å². The predicted octanol–water partition coefficient (Wildman–Crippen LogP) is 0.468. The second-order valence-corrected chi connectivity index (χ2v) is 1.87. The largest absolute Gasteiger partial charge is 0.445 e. The second-order valence-electron chi connectivity index (χ2n) is 1.87. The molecule has 2 rings (SSSR count). The standard InChI is InChI=1S/C6H4N2O2/c9-6-7-4-2-1-3-10-5(4)8-6/h1-3H,(H,7,9). The minimum absolute atomic E-state index is 0.354. The van der Waals surface area contributed by atoms with Crippen molar-refractivity contribution in [2.45, 2.75) is 0 Å². The summed E-state index contributed by atoms with van der Waals surface area (Å²) < 4.78 is 4.89. The molecule has 0 amide bonds. The quantitative estimate of drug-likeness (QED) is 0.572. The minimum atomic E-state index is -0.370. The molecule has 0 radical (unpaired) electrons. The lowest BCUT2D eigenvalue weighted by Gasteiger charge is -1.88. The van der Waals surface area contributed by atoms with Gasteiger partial charge in [0.05, 0.1) is 6.26 Å². The zero-order chi connectivity index (χ0) is 6.97. The lowest BCUT2D eigenvalue weighted by Crippen LogP contribution is -1.98. The number of hydrogen-bond acceptors (Lipinski definition) is 3. The van der Waals surface area contributed by atoms with Crippen LogP contribution in [0.5, 0.6) is 0 Å². The van der Waals surface area contributed by atoms with E-state index >= 15 is 0 Å². The first-order chi connectivity index (χ1) is 4.86. The fourth-order valence-electron chi connectivity index (χ4n) is 0.791. The Balaban J connectivity index is 2.88. The van der Waals surface area contributed by atoms with Crippen molar-refractivity contribution in [2.75, 3.05) is 0 Å². The summed E-state index contributed by atoms with van der Waals surface area (Å²) >= 11 is 0. The molecular weight excluding hydrogens is 132 g/mol. The van der Waals surface area contributed by atoms with Crippen LogP contribution in [0.1, 0.15) is 0 Å². The van der Waals surface area contributed by atoms with E-state index in [2.05, 4.69) is 9.97 Å². The number of nitrogens with one attached hydrogen (secondary N) is 1. The molecule has 4 heteroatoms. The van der Waals surface area contributed by atoms with Crippen LogP contribution in [0.4, 0.5) is 0 Å². The summed E-state index contributed by atoms with van der Waals surface area (Å²) in [5, 5.41) is 0. The van der Waals surface area contributed by atoms with Crippen molar-refractivity contribution < 1.29 is 4.42 Å². The third-order valence-corrected chi connectivity index (χ3v) is 1.20. The predicted molar refractivity (Wildman–Crippen MR) is 33.7 cm³/mol. The van der Waals surface area contributed by atoms with Crippen LogP contribution >= 0.6 is 0 Å². The first-order valence-electron chi connectivity index (χ1n) is 2.80. The number of aromatic nitrogens is 2. The van der Waals surface area contributed by atoms with Crippen molar-refractivity contribution in [1.82, 2.24) is 9.97 Å². The van der Waals surface area contributed by atoms with E-state index in [1.54, 1.807) is 12.1 Å². The minimum Gasteiger partial charge on any atom is -0.445 e. The van der Waals surface area contributed by atoms with E-state index in [0.29, 0.717) is 11.6 Å². The first-order valence-corrected chi connectivity index (χ1v) is 2.80. The van der Waals surface area contributed by atoms with Crippen LogP contribution in [-0.2, 0) is 0 Å².